The van der Waals surface area contributed by atoms with Gasteiger partial charge in [0.25, 0.3) is 5.91 Å². The average molecular weight is 326 g/mol. The van der Waals surface area contributed by atoms with E-state index in [0.717, 1.165) is 22.6 Å². The van der Waals surface area contributed by atoms with E-state index in [1.54, 1.807) is 0 Å². The third kappa shape index (κ3) is 2.82. The van der Waals surface area contributed by atoms with Crippen molar-refractivity contribution in [1.29, 1.82) is 0 Å². The Balaban J connectivity index is 2.18. The lowest BCUT2D eigenvalue weighted by Gasteiger charge is -2.28. The summed E-state index contributed by atoms with van der Waals surface area (Å²) in [5.74, 6) is -0.818. The lowest BCUT2D eigenvalue weighted by atomic mass is 10.0. The van der Waals surface area contributed by atoms with E-state index in [0.29, 0.717) is 18.7 Å². The van der Waals surface area contributed by atoms with Crippen molar-refractivity contribution in [2.75, 3.05) is 18.6 Å². The second kappa shape index (κ2) is 6.70. The highest BCUT2D eigenvalue weighted by atomic mass is 16.6. The molecule has 1 heterocycles. The predicted molar refractivity (Wildman–Crippen MR) is 91.0 cm³/mol. The second-order valence-electron chi connectivity index (χ2n) is 5.55. The van der Waals surface area contributed by atoms with Gasteiger partial charge in [-0.05, 0) is 17.9 Å². The first-order valence-electron chi connectivity index (χ1n) is 7.68. The van der Waals surface area contributed by atoms with Crippen molar-refractivity contribution in [2.24, 2.45) is 5.16 Å². The summed E-state index contributed by atoms with van der Waals surface area (Å²) in [6, 6.07) is 11.0. The van der Waals surface area contributed by atoms with Crippen molar-refractivity contribution in [3.05, 3.63) is 42.0 Å². The van der Waals surface area contributed by atoms with E-state index >= 15 is 0 Å². The fraction of sp³-hybridized carbons (Fsp3) is 0.278. The van der Waals surface area contributed by atoms with Crippen LogP contribution in [-0.4, -0.2) is 37.8 Å². The highest BCUT2D eigenvalue weighted by Crippen LogP contribution is 2.33. The van der Waals surface area contributed by atoms with Crippen LogP contribution in [0.2, 0.25) is 0 Å². The summed E-state index contributed by atoms with van der Waals surface area (Å²) in [4.78, 5) is 30.9. The molecule has 24 heavy (non-hydrogen) atoms. The molecule has 0 N–H and O–H groups in total. The predicted octanol–water partition coefficient (Wildman–Crippen LogP) is 2.43. The molecule has 0 aliphatic carbocycles. The average Bonchev–Trinajstić information content (AvgIpc) is 3.01. The summed E-state index contributed by atoms with van der Waals surface area (Å²) < 4.78 is 5.07. The normalized spacial score (nSPS) is 17.2. The molecule has 1 unspecified atom stereocenters. The zero-order valence-corrected chi connectivity index (χ0v) is 13.6. The second-order valence-corrected chi connectivity index (χ2v) is 5.55. The van der Waals surface area contributed by atoms with E-state index in [1.165, 1.54) is 12.0 Å². The number of esters is 1. The SMILES string of the molecule is CON=CC(=O)N(c1c(C)ccc2ccccc12)C1CCOC1=O. The van der Waals surface area contributed by atoms with Crippen molar-refractivity contribution in [2.45, 2.75) is 19.4 Å². The maximum atomic E-state index is 12.7. The Morgan fingerprint density at radius 1 is 1.33 bits per heavy atom. The molecule has 0 spiro atoms. The molecule has 0 bridgehead atoms. The number of oxime groups is 1. The number of aryl methyl sites for hydroxylation is 1. The molecule has 1 amide bonds. The molecule has 1 saturated heterocycles. The summed E-state index contributed by atoms with van der Waals surface area (Å²) in [5, 5.41) is 5.45. The Labute approximate surface area is 139 Å². The number of fused-ring (bicyclic) bond motifs is 1. The van der Waals surface area contributed by atoms with Crippen molar-refractivity contribution >= 4 is 34.6 Å². The molecule has 3 rings (SSSR count). The van der Waals surface area contributed by atoms with Gasteiger partial charge in [0, 0.05) is 11.8 Å². The number of nitrogens with zero attached hydrogens (tertiary/aromatic N) is 2. The van der Waals surface area contributed by atoms with E-state index in [2.05, 4.69) is 9.99 Å². The lowest BCUT2D eigenvalue weighted by Crippen LogP contribution is -2.44. The lowest BCUT2D eigenvalue weighted by molar-refractivity contribution is -0.139. The summed E-state index contributed by atoms with van der Waals surface area (Å²) in [6.07, 6.45) is 1.53. The summed E-state index contributed by atoms with van der Waals surface area (Å²) in [7, 11) is 1.36. The summed E-state index contributed by atoms with van der Waals surface area (Å²) in [5.41, 5.74) is 1.59. The van der Waals surface area contributed by atoms with Crippen molar-refractivity contribution in [3.8, 4) is 0 Å². The zero-order chi connectivity index (χ0) is 17.1. The van der Waals surface area contributed by atoms with Gasteiger partial charge in [-0.2, -0.15) is 0 Å². The minimum atomic E-state index is -0.662. The first-order valence-corrected chi connectivity index (χ1v) is 7.68. The maximum absolute atomic E-state index is 12.7. The molecule has 1 atom stereocenters. The van der Waals surface area contributed by atoms with Crippen LogP contribution in [0.25, 0.3) is 10.8 Å². The monoisotopic (exact) mass is 326 g/mol. The number of benzene rings is 2. The van der Waals surface area contributed by atoms with Gasteiger partial charge in [0.1, 0.15) is 19.4 Å². The van der Waals surface area contributed by atoms with E-state index in [4.69, 9.17) is 4.74 Å². The molecular formula is C18H18N2O4. The van der Waals surface area contributed by atoms with Gasteiger partial charge < -0.3 is 9.57 Å². The molecule has 1 fully saturated rings. The molecule has 124 valence electrons. The topological polar surface area (TPSA) is 68.2 Å². The van der Waals surface area contributed by atoms with Crippen LogP contribution in [0.1, 0.15) is 12.0 Å². The Morgan fingerprint density at radius 3 is 2.83 bits per heavy atom. The van der Waals surface area contributed by atoms with Crippen LogP contribution in [-0.2, 0) is 19.2 Å². The number of hydrogen-bond acceptors (Lipinski definition) is 5. The highest BCUT2D eigenvalue weighted by molar-refractivity contribution is 6.34. The Kier molecular flexibility index (Phi) is 4.46. The van der Waals surface area contributed by atoms with Gasteiger partial charge in [-0.25, -0.2) is 4.79 Å². The number of carbonyl (C=O) groups is 2. The molecule has 2 aromatic rings. The Morgan fingerprint density at radius 2 is 2.12 bits per heavy atom. The number of carbonyl (C=O) groups excluding carboxylic acids is 2. The van der Waals surface area contributed by atoms with Gasteiger partial charge in [0.05, 0.1) is 12.3 Å². The Bertz CT molecular complexity index is 816. The molecule has 0 radical (unpaired) electrons. The van der Waals surface area contributed by atoms with Crippen LogP contribution in [0.15, 0.2) is 41.6 Å². The molecule has 6 nitrogen and oxygen atoms in total. The number of ether oxygens (including phenoxy) is 1. The van der Waals surface area contributed by atoms with Gasteiger partial charge in [0.2, 0.25) is 0 Å². The molecule has 1 aliphatic rings. The van der Waals surface area contributed by atoms with Crippen LogP contribution in [0.4, 0.5) is 5.69 Å². The molecular weight excluding hydrogens is 308 g/mol. The first-order chi connectivity index (χ1) is 11.6. The molecule has 2 aromatic carbocycles. The minimum absolute atomic E-state index is 0.304. The van der Waals surface area contributed by atoms with Crippen LogP contribution < -0.4 is 4.90 Å². The molecule has 6 heteroatoms. The van der Waals surface area contributed by atoms with E-state index in [9.17, 15) is 9.59 Å². The van der Waals surface area contributed by atoms with Crippen molar-refractivity contribution in [1.82, 2.24) is 0 Å². The van der Waals surface area contributed by atoms with E-state index in [-0.39, 0.29) is 0 Å². The number of hydrogen-bond donors (Lipinski definition) is 0. The minimum Gasteiger partial charge on any atom is -0.464 e. The zero-order valence-electron chi connectivity index (χ0n) is 13.6. The standard InChI is InChI=1S/C18H18N2O4/c1-12-7-8-13-5-3-4-6-14(13)17(12)20(16(21)11-19-23-2)15-9-10-24-18(15)22/h3-8,11,15H,9-10H2,1-2H3. The van der Waals surface area contributed by atoms with Crippen LogP contribution in [0, 0.1) is 6.92 Å². The Hall–Kier alpha value is -2.89. The maximum Gasteiger partial charge on any atom is 0.329 e. The van der Waals surface area contributed by atoms with E-state index in [1.807, 2.05) is 43.3 Å². The number of rotatable bonds is 4. The summed E-state index contributed by atoms with van der Waals surface area (Å²) in [6.45, 7) is 2.22. The van der Waals surface area contributed by atoms with Crippen LogP contribution in [0.3, 0.4) is 0 Å². The molecule has 0 aromatic heterocycles. The summed E-state index contributed by atoms with van der Waals surface area (Å²) >= 11 is 0. The molecule has 0 saturated carbocycles. The quantitative estimate of drug-likeness (QED) is 0.492. The molecule has 1 aliphatic heterocycles. The van der Waals surface area contributed by atoms with Gasteiger partial charge in [-0.15, -0.1) is 0 Å². The smallest absolute Gasteiger partial charge is 0.329 e. The van der Waals surface area contributed by atoms with Crippen molar-refractivity contribution in [3.63, 3.8) is 0 Å². The number of cyclic esters (lactones) is 1. The van der Waals surface area contributed by atoms with Crippen LogP contribution in [0.5, 0.6) is 0 Å². The third-order valence-electron chi connectivity index (χ3n) is 4.07. The van der Waals surface area contributed by atoms with Gasteiger partial charge in [-0.1, -0.05) is 41.6 Å². The highest BCUT2D eigenvalue weighted by Gasteiger charge is 2.37. The third-order valence-corrected chi connectivity index (χ3v) is 4.07. The van der Waals surface area contributed by atoms with E-state index < -0.39 is 17.9 Å². The van der Waals surface area contributed by atoms with Crippen molar-refractivity contribution < 1.29 is 19.2 Å². The fourth-order valence-corrected chi connectivity index (χ4v) is 2.98. The fourth-order valence-electron chi connectivity index (χ4n) is 2.98. The van der Waals surface area contributed by atoms with Gasteiger partial charge in [0.15, 0.2) is 0 Å². The van der Waals surface area contributed by atoms with Gasteiger partial charge in [-0.3, -0.25) is 9.69 Å². The number of amides is 1. The van der Waals surface area contributed by atoms with Crippen LogP contribution >= 0.6 is 0 Å². The largest absolute Gasteiger partial charge is 0.464 e. The van der Waals surface area contributed by atoms with Gasteiger partial charge >= 0.3 is 5.97 Å². The number of anilines is 1. The first kappa shape index (κ1) is 16.0.